The highest BCUT2D eigenvalue weighted by atomic mass is 32.2. The molecule has 0 saturated heterocycles. The standard InChI is InChI=1S/C15H25N3OS2/c1-9(2)7-8-18(3)15-13(20-4)11(16)12(21-15)14(19)17-10-5-6-10/h9-10H,5-8,16H2,1-4H3,(H,17,19). The quantitative estimate of drug-likeness (QED) is 0.753. The predicted octanol–water partition coefficient (Wildman–Crippen LogP) is 3.43. The van der Waals surface area contributed by atoms with E-state index in [0.29, 0.717) is 22.5 Å². The molecule has 1 saturated carbocycles. The van der Waals surface area contributed by atoms with Gasteiger partial charge in [-0.25, -0.2) is 0 Å². The van der Waals surface area contributed by atoms with Crippen LogP contribution in [0.25, 0.3) is 0 Å². The molecule has 0 radical (unpaired) electrons. The zero-order chi connectivity index (χ0) is 15.6. The van der Waals surface area contributed by atoms with Gasteiger partial charge in [0.25, 0.3) is 5.91 Å². The highest BCUT2D eigenvalue weighted by molar-refractivity contribution is 7.99. The number of thioether (sulfide) groups is 1. The van der Waals surface area contributed by atoms with Crippen molar-refractivity contribution >= 4 is 39.7 Å². The molecular formula is C15H25N3OS2. The Balaban J connectivity index is 2.17. The number of hydrogen-bond donors (Lipinski definition) is 2. The van der Waals surface area contributed by atoms with Crippen LogP contribution in [0.5, 0.6) is 0 Å². The third kappa shape index (κ3) is 4.07. The molecular weight excluding hydrogens is 302 g/mol. The first kappa shape index (κ1) is 16.5. The van der Waals surface area contributed by atoms with Crippen LogP contribution in [-0.2, 0) is 0 Å². The van der Waals surface area contributed by atoms with Crippen molar-refractivity contribution in [3.63, 3.8) is 0 Å². The molecule has 1 aliphatic rings. The lowest BCUT2D eigenvalue weighted by Crippen LogP contribution is -2.25. The van der Waals surface area contributed by atoms with Crippen LogP contribution in [0.1, 0.15) is 42.8 Å². The summed E-state index contributed by atoms with van der Waals surface area (Å²) in [6, 6.07) is 0.360. The van der Waals surface area contributed by atoms with Crippen LogP contribution in [0, 0.1) is 5.92 Å². The van der Waals surface area contributed by atoms with E-state index in [1.807, 2.05) is 6.26 Å². The van der Waals surface area contributed by atoms with Gasteiger partial charge in [-0.05, 0) is 31.4 Å². The van der Waals surface area contributed by atoms with Crippen molar-refractivity contribution in [1.82, 2.24) is 5.32 Å². The average Bonchev–Trinajstić information content (AvgIpc) is 3.17. The Morgan fingerprint density at radius 2 is 2.19 bits per heavy atom. The molecule has 3 N–H and O–H groups in total. The number of thiophene rings is 1. The van der Waals surface area contributed by atoms with Crippen molar-refractivity contribution < 1.29 is 4.79 Å². The van der Waals surface area contributed by atoms with E-state index in [4.69, 9.17) is 5.73 Å². The second-order valence-corrected chi connectivity index (χ2v) is 7.85. The number of carbonyl (C=O) groups excluding carboxylic acids is 1. The minimum absolute atomic E-state index is 0.0150. The molecule has 1 amide bonds. The number of rotatable bonds is 7. The summed E-state index contributed by atoms with van der Waals surface area (Å²) >= 11 is 3.14. The number of anilines is 2. The van der Waals surface area contributed by atoms with E-state index in [1.54, 1.807) is 11.8 Å². The zero-order valence-electron chi connectivity index (χ0n) is 13.2. The minimum Gasteiger partial charge on any atom is -0.396 e. The van der Waals surface area contributed by atoms with E-state index in [0.717, 1.165) is 35.7 Å². The Morgan fingerprint density at radius 1 is 1.52 bits per heavy atom. The molecule has 0 atom stereocenters. The van der Waals surface area contributed by atoms with Gasteiger partial charge in [0, 0.05) is 19.6 Å². The highest BCUT2D eigenvalue weighted by Crippen LogP contribution is 2.43. The maximum absolute atomic E-state index is 12.3. The second-order valence-electron chi connectivity index (χ2n) is 6.04. The molecule has 4 nitrogen and oxygen atoms in total. The van der Waals surface area contributed by atoms with Gasteiger partial charge in [-0.2, -0.15) is 0 Å². The predicted molar refractivity (Wildman–Crippen MR) is 93.7 cm³/mol. The summed E-state index contributed by atoms with van der Waals surface area (Å²) in [4.78, 5) is 16.2. The van der Waals surface area contributed by atoms with E-state index in [1.165, 1.54) is 11.3 Å². The van der Waals surface area contributed by atoms with Crippen molar-refractivity contribution in [2.75, 3.05) is 30.5 Å². The lowest BCUT2D eigenvalue weighted by atomic mass is 10.1. The van der Waals surface area contributed by atoms with Gasteiger partial charge >= 0.3 is 0 Å². The Labute approximate surface area is 135 Å². The number of nitrogens with one attached hydrogen (secondary N) is 1. The molecule has 1 fully saturated rings. The van der Waals surface area contributed by atoms with E-state index >= 15 is 0 Å². The molecule has 0 aliphatic heterocycles. The largest absolute Gasteiger partial charge is 0.396 e. The Hall–Kier alpha value is -0.880. The van der Waals surface area contributed by atoms with Gasteiger partial charge in [0.15, 0.2) is 0 Å². The van der Waals surface area contributed by atoms with Crippen LogP contribution < -0.4 is 16.0 Å². The minimum atomic E-state index is -0.0150. The van der Waals surface area contributed by atoms with Gasteiger partial charge in [-0.1, -0.05) is 13.8 Å². The molecule has 2 rings (SSSR count). The summed E-state index contributed by atoms with van der Waals surface area (Å²) in [5, 5.41) is 4.14. The fraction of sp³-hybridized carbons (Fsp3) is 0.667. The number of nitrogen functional groups attached to an aromatic ring is 1. The first-order chi connectivity index (χ1) is 9.93. The van der Waals surface area contributed by atoms with Crippen LogP contribution in [-0.4, -0.2) is 31.8 Å². The van der Waals surface area contributed by atoms with E-state index in [2.05, 4.69) is 31.1 Å². The molecule has 1 aliphatic carbocycles. The first-order valence-corrected chi connectivity index (χ1v) is 9.46. The normalized spacial score (nSPS) is 14.5. The molecule has 1 aromatic heterocycles. The van der Waals surface area contributed by atoms with Gasteiger partial charge in [-0.3, -0.25) is 4.79 Å². The lowest BCUT2D eigenvalue weighted by Gasteiger charge is -2.19. The van der Waals surface area contributed by atoms with Gasteiger partial charge in [0.2, 0.25) is 0 Å². The maximum Gasteiger partial charge on any atom is 0.263 e. The van der Waals surface area contributed by atoms with Crippen molar-refractivity contribution in [3.05, 3.63) is 4.88 Å². The molecule has 21 heavy (non-hydrogen) atoms. The topological polar surface area (TPSA) is 58.4 Å². The third-order valence-corrected chi connectivity index (χ3v) is 5.86. The number of amides is 1. The Kier molecular flexibility index (Phi) is 5.43. The molecule has 118 valence electrons. The molecule has 0 aromatic carbocycles. The zero-order valence-corrected chi connectivity index (χ0v) is 14.9. The van der Waals surface area contributed by atoms with Crippen molar-refractivity contribution in [1.29, 1.82) is 0 Å². The van der Waals surface area contributed by atoms with Gasteiger partial charge in [-0.15, -0.1) is 23.1 Å². The van der Waals surface area contributed by atoms with Gasteiger partial charge < -0.3 is 16.0 Å². The van der Waals surface area contributed by atoms with E-state index in [9.17, 15) is 4.79 Å². The van der Waals surface area contributed by atoms with Gasteiger partial charge in [0.05, 0.1) is 10.6 Å². The third-order valence-electron chi connectivity index (χ3n) is 3.59. The summed E-state index contributed by atoms with van der Waals surface area (Å²) in [5.74, 6) is 0.652. The van der Waals surface area contributed by atoms with Crippen LogP contribution in [0.4, 0.5) is 10.7 Å². The van der Waals surface area contributed by atoms with Crippen LogP contribution in [0.2, 0.25) is 0 Å². The lowest BCUT2D eigenvalue weighted by molar-refractivity contribution is 0.0956. The van der Waals surface area contributed by atoms with Crippen LogP contribution in [0.15, 0.2) is 4.90 Å². The fourth-order valence-electron chi connectivity index (χ4n) is 2.07. The monoisotopic (exact) mass is 327 g/mol. The Bertz CT molecular complexity index is 509. The molecule has 0 spiro atoms. The first-order valence-electron chi connectivity index (χ1n) is 7.42. The molecule has 0 unspecified atom stereocenters. The summed E-state index contributed by atoms with van der Waals surface area (Å²) in [6.45, 7) is 5.43. The number of nitrogens with two attached hydrogens (primary N) is 1. The van der Waals surface area contributed by atoms with Gasteiger partial charge in [0.1, 0.15) is 9.88 Å². The molecule has 1 aromatic rings. The summed E-state index contributed by atoms with van der Waals surface area (Å²) in [5.41, 5.74) is 6.84. The number of carbonyl (C=O) groups is 1. The summed E-state index contributed by atoms with van der Waals surface area (Å²) in [7, 11) is 2.08. The molecule has 0 bridgehead atoms. The smallest absolute Gasteiger partial charge is 0.263 e. The highest BCUT2D eigenvalue weighted by Gasteiger charge is 2.28. The van der Waals surface area contributed by atoms with E-state index in [-0.39, 0.29) is 5.91 Å². The van der Waals surface area contributed by atoms with Crippen LogP contribution >= 0.6 is 23.1 Å². The maximum atomic E-state index is 12.3. The van der Waals surface area contributed by atoms with E-state index < -0.39 is 0 Å². The van der Waals surface area contributed by atoms with Crippen molar-refractivity contribution in [3.8, 4) is 0 Å². The SMILES string of the molecule is CSc1c(N(C)CCC(C)C)sc(C(=O)NC2CC2)c1N. The number of nitrogens with zero attached hydrogens (tertiary/aromatic N) is 1. The van der Waals surface area contributed by atoms with Crippen molar-refractivity contribution in [2.24, 2.45) is 5.92 Å². The Morgan fingerprint density at radius 3 is 2.71 bits per heavy atom. The number of hydrogen-bond acceptors (Lipinski definition) is 5. The molecule has 6 heteroatoms. The molecule has 1 heterocycles. The average molecular weight is 328 g/mol. The fourth-order valence-corrected chi connectivity index (χ4v) is 4.16. The van der Waals surface area contributed by atoms with Crippen molar-refractivity contribution in [2.45, 2.75) is 44.0 Å². The van der Waals surface area contributed by atoms with Crippen LogP contribution in [0.3, 0.4) is 0 Å². The second kappa shape index (κ2) is 6.92. The summed E-state index contributed by atoms with van der Waals surface area (Å²) in [6.07, 6.45) is 5.33. The summed E-state index contributed by atoms with van der Waals surface area (Å²) < 4.78 is 0.